The van der Waals surface area contributed by atoms with Crippen molar-refractivity contribution in [1.82, 2.24) is 5.32 Å². The number of carbonyl (C=O) groups is 2. The molecule has 0 aromatic carbocycles. The van der Waals surface area contributed by atoms with E-state index in [-0.39, 0.29) is 18.9 Å². The summed E-state index contributed by atoms with van der Waals surface area (Å²) in [7, 11) is 0. The zero-order valence-corrected chi connectivity index (χ0v) is 10.4. The number of carbonyl (C=O) groups excluding carboxylic acids is 1. The van der Waals surface area contributed by atoms with Crippen LogP contribution < -0.4 is 5.32 Å². The lowest BCUT2D eigenvalue weighted by Gasteiger charge is -2.25. The van der Waals surface area contributed by atoms with Crippen LogP contribution in [0.4, 0.5) is 0 Å². The summed E-state index contributed by atoms with van der Waals surface area (Å²) in [4.78, 5) is 22.6. The van der Waals surface area contributed by atoms with E-state index in [1.807, 2.05) is 0 Å². The number of carboxylic acid groups (broad SMARTS) is 1. The Labute approximate surface area is 101 Å². The van der Waals surface area contributed by atoms with E-state index in [2.05, 4.69) is 11.9 Å². The molecule has 0 saturated heterocycles. The average molecular weight is 248 g/mol. The average Bonchev–Trinajstić information content (AvgIpc) is 2.22. The van der Waals surface area contributed by atoms with Gasteiger partial charge in [-0.15, -0.1) is 0 Å². The lowest BCUT2D eigenvalue weighted by molar-refractivity contribution is -0.152. The number of hydrogen-bond acceptors (Lipinski definition) is 2. The molecular weight excluding hydrogens is 230 g/mol. The first-order valence-electron chi connectivity index (χ1n) is 5.21. The second-order valence-corrected chi connectivity index (χ2v) is 4.30. The largest absolute Gasteiger partial charge is 0.481 e. The first kappa shape index (κ1) is 15.0. The second kappa shape index (κ2) is 6.53. The molecule has 0 radical (unpaired) electrons. The van der Waals surface area contributed by atoms with E-state index in [1.165, 1.54) is 0 Å². The number of aliphatic carboxylic acids is 1. The van der Waals surface area contributed by atoms with Gasteiger partial charge in [-0.1, -0.05) is 32.0 Å². The Kier molecular flexibility index (Phi) is 6.11. The molecule has 5 heteroatoms. The molecule has 0 aromatic rings. The fourth-order valence-electron chi connectivity index (χ4n) is 1.44. The number of amides is 1. The summed E-state index contributed by atoms with van der Waals surface area (Å²) >= 11 is 5.50. The van der Waals surface area contributed by atoms with Crippen molar-refractivity contribution in [2.45, 2.75) is 33.1 Å². The molecule has 0 unspecified atom stereocenters. The maximum absolute atomic E-state index is 11.5. The van der Waals surface area contributed by atoms with Crippen LogP contribution in [-0.4, -0.2) is 23.5 Å². The van der Waals surface area contributed by atoms with Crippen LogP contribution in [0, 0.1) is 5.41 Å². The lowest BCUT2D eigenvalue weighted by Crippen LogP contribution is -2.37. The molecule has 0 aliphatic heterocycles. The minimum Gasteiger partial charge on any atom is -0.481 e. The van der Waals surface area contributed by atoms with E-state index in [0.717, 1.165) is 0 Å². The van der Waals surface area contributed by atoms with Crippen LogP contribution in [0.2, 0.25) is 0 Å². The minimum absolute atomic E-state index is 0.0283. The zero-order chi connectivity index (χ0) is 12.8. The smallest absolute Gasteiger partial charge is 0.310 e. The van der Waals surface area contributed by atoms with Gasteiger partial charge in [0.15, 0.2) is 0 Å². The van der Waals surface area contributed by atoms with Gasteiger partial charge < -0.3 is 10.4 Å². The van der Waals surface area contributed by atoms with Gasteiger partial charge in [0.1, 0.15) is 0 Å². The molecule has 0 aromatic heterocycles. The van der Waals surface area contributed by atoms with E-state index in [4.69, 9.17) is 16.7 Å². The van der Waals surface area contributed by atoms with Gasteiger partial charge in [-0.2, -0.15) is 0 Å². The van der Waals surface area contributed by atoms with E-state index >= 15 is 0 Å². The van der Waals surface area contributed by atoms with E-state index in [1.54, 1.807) is 13.8 Å². The monoisotopic (exact) mass is 247 g/mol. The van der Waals surface area contributed by atoms with Gasteiger partial charge in [0.2, 0.25) is 5.91 Å². The highest BCUT2D eigenvalue weighted by Crippen LogP contribution is 2.30. The highest BCUT2D eigenvalue weighted by molar-refractivity contribution is 6.29. The van der Waals surface area contributed by atoms with E-state index in [0.29, 0.717) is 17.9 Å². The van der Waals surface area contributed by atoms with Crippen LogP contribution in [0.25, 0.3) is 0 Å². The van der Waals surface area contributed by atoms with Gasteiger partial charge in [-0.3, -0.25) is 9.59 Å². The van der Waals surface area contributed by atoms with E-state index < -0.39 is 11.4 Å². The molecule has 0 atom stereocenters. The molecular formula is C11H18ClNO3. The SMILES string of the molecule is C=C(Cl)CNC(=O)CC(CC)(CC)C(=O)O. The van der Waals surface area contributed by atoms with Crippen molar-refractivity contribution in [3.8, 4) is 0 Å². The van der Waals surface area contributed by atoms with Crippen molar-refractivity contribution >= 4 is 23.5 Å². The zero-order valence-electron chi connectivity index (χ0n) is 9.68. The topological polar surface area (TPSA) is 66.4 Å². The number of hydrogen-bond donors (Lipinski definition) is 2. The van der Waals surface area contributed by atoms with Crippen LogP contribution in [0.3, 0.4) is 0 Å². The molecule has 0 rings (SSSR count). The molecule has 4 nitrogen and oxygen atoms in total. The van der Waals surface area contributed by atoms with Gasteiger partial charge in [-0.25, -0.2) is 0 Å². The summed E-state index contributed by atoms with van der Waals surface area (Å²) in [6, 6.07) is 0. The first-order chi connectivity index (χ1) is 7.38. The molecule has 0 bridgehead atoms. The Balaban J connectivity index is 4.46. The molecule has 2 N–H and O–H groups in total. The molecule has 0 aliphatic carbocycles. The summed E-state index contributed by atoms with van der Waals surface area (Å²) in [6.45, 7) is 7.14. The van der Waals surface area contributed by atoms with Crippen LogP contribution in [0.15, 0.2) is 11.6 Å². The third kappa shape index (κ3) is 4.23. The van der Waals surface area contributed by atoms with Crippen LogP contribution in [0.5, 0.6) is 0 Å². The predicted octanol–water partition coefficient (Wildman–Crippen LogP) is 2.14. The molecule has 0 spiro atoms. The Morgan fingerprint density at radius 3 is 2.19 bits per heavy atom. The number of nitrogens with one attached hydrogen (secondary N) is 1. The summed E-state index contributed by atoms with van der Waals surface area (Å²) in [5.74, 6) is -1.25. The fourth-order valence-corrected chi connectivity index (χ4v) is 1.51. The molecule has 0 fully saturated rings. The fraction of sp³-hybridized carbons (Fsp3) is 0.636. The van der Waals surface area contributed by atoms with Crippen molar-refractivity contribution < 1.29 is 14.7 Å². The van der Waals surface area contributed by atoms with Gasteiger partial charge in [0.25, 0.3) is 0 Å². The molecule has 1 amide bonds. The molecule has 16 heavy (non-hydrogen) atoms. The summed E-state index contributed by atoms with van der Waals surface area (Å²) in [5, 5.41) is 12.0. The van der Waals surface area contributed by atoms with Gasteiger partial charge in [-0.05, 0) is 12.8 Å². The summed E-state index contributed by atoms with van der Waals surface area (Å²) < 4.78 is 0. The standard InChI is InChI=1S/C11H18ClNO3/c1-4-11(5-2,10(15)16)6-9(14)13-7-8(3)12/h3-7H2,1-2H3,(H,13,14)(H,15,16). The Morgan fingerprint density at radius 2 is 1.88 bits per heavy atom. The highest BCUT2D eigenvalue weighted by atomic mass is 35.5. The van der Waals surface area contributed by atoms with E-state index in [9.17, 15) is 9.59 Å². The Hall–Kier alpha value is -1.03. The number of halogens is 1. The minimum atomic E-state index is -0.974. The number of carboxylic acids is 1. The number of rotatable bonds is 7. The first-order valence-corrected chi connectivity index (χ1v) is 5.59. The van der Waals surface area contributed by atoms with Crippen molar-refractivity contribution in [3.63, 3.8) is 0 Å². The van der Waals surface area contributed by atoms with Crippen molar-refractivity contribution in [2.24, 2.45) is 5.41 Å². The predicted molar refractivity (Wildman–Crippen MR) is 63.3 cm³/mol. The molecule has 0 aliphatic rings. The van der Waals surface area contributed by atoms with Crippen LogP contribution in [0.1, 0.15) is 33.1 Å². The Bertz CT molecular complexity index is 285. The van der Waals surface area contributed by atoms with Crippen LogP contribution in [-0.2, 0) is 9.59 Å². The van der Waals surface area contributed by atoms with Gasteiger partial charge in [0.05, 0.1) is 12.0 Å². The maximum atomic E-state index is 11.5. The Morgan fingerprint density at radius 1 is 1.38 bits per heavy atom. The third-order valence-electron chi connectivity index (χ3n) is 2.78. The second-order valence-electron chi connectivity index (χ2n) is 3.76. The van der Waals surface area contributed by atoms with Crippen molar-refractivity contribution in [1.29, 1.82) is 0 Å². The molecule has 92 valence electrons. The third-order valence-corrected chi connectivity index (χ3v) is 2.92. The molecule has 0 saturated carbocycles. The van der Waals surface area contributed by atoms with Gasteiger partial charge >= 0.3 is 5.97 Å². The van der Waals surface area contributed by atoms with Crippen molar-refractivity contribution in [3.05, 3.63) is 11.6 Å². The summed E-state index contributed by atoms with van der Waals surface area (Å²) in [5.41, 5.74) is -0.974. The quantitative estimate of drug-likeness (QED) is 0.724. The maximum Gasteiger partial charge on any atom is 0.310 e. The normalized spacial score (nSPS) is 10.9. The van der Waals surface area contributed by atoms with Crippen molar-refractivity contribution in [2.75, 3.05) is 6.54 Å². The lowest BCUT2D eigenvalue weighted by atomic mass is 9.79. The molecule has 0 heterocycles. The highest BCUT2D eigenvalue weighted by Gasteiger charge is 2.36. The summed E-state index contributed by atoms with van der Waals surface area (Å²) in [6.07, 6.45) is 0.821. The van der Waals surface area contributed by atoms with Crippen LogP contribution >= 0.6 is 11.6 Å². The van der Waals surface area contributed by atoms with Gasteiger partial charge in [0, 0.05) is 11.5 Å².